The number of hydrogen-bond acceptors (Lipinski definition) is 6. The Morgan fingerprint density at radius 1 is 1.07 bits per heavy atom. The molecule has 1 aliphatic heterocycles. The zero-order valence-electron chi connectivity index (χ0n) is 17.4. The largest absolute Gasteiger partial charge is 0.504 e. The molecule has 1 heterocycles. The molecule has 0 saturated carbocycles. The molecule has 1 fully saturated rings. The summed E-state index contributed by atoms with van der Waals surface area (Å²) in [6.45, 7) is 7.07. The number of phenols is 1. The molecular formula is C23H32N2O4. The molecule has 158 valence electrons. The van der Waals surface area contributed by atoms with Gasteiger partial charge in [0, 0.05) is 45.4 Å². The van der Waals surface area contributed by atoms with E-state index in [0.717, 1.165) is 50.5 Å². The van der Waals surface area contributed by atoms with E-state index in [1.807, 2.05) is 31.2 Å². The SMILES string of the molecule is CCOc1cc(CN2CCN(Cc3cccc(OC)c3)C(CCO)C2)ccc1O. The maximum absolute atomic E-state index is 9.91. The molecule has 6 nitrogen and oxygen atoms in total. The molecule has 2 aromatic carbocycles. The van der Waals surface area contributed by atoms with Gasteiger partial charge in [-0.3, -0.25) is 9.80 Å². The number of piperazine rings is 1. The number of aliphatic hydroxyl groups is 1. The molecule has 1 aliphatic rings. The maximum atomic E-state index is 9.91. The van der Waals surface area contributed by atoms with E-state index in [0.29, 0.717) is 18.4 Å². The van der Waals surface area contributed by atoms with Gasteiger partial charge >= 0.3 is 0 Å². The van der Waals surface area contributed by atoms with Crippen LogP contribution in [0.3, 0.4) is 0 Å². The molecule has 0 radical (unpaired) electrons. The topological polar surface area (TPSA) is 65.4 Å². The number of hydrogen-bond donors (Lipinski definition) is 2. The van der Waals surface area contributed by atoms with Gasteiger partial charge in [0.1, 0.15) is 5.75 Å². The second-order valence-corrected chi connectivity index (χ2v) is 7.46. The number of benzene rings is 2. The highest BCUT2D eigenvalue weighted by Crippen LogP contribution is 2.28. The first-order valence-corrected chi connectivity index (χ1v) is 10.3. The molecular weight excluding hydrogens is 368 g/mol. The van der Waals surface area contributed by atoms with Crippen molar-refractivity contribution in [2.45, 2.75) is 32.5 Å². The van der Waals surface area contributed by atoms with Crippen LogP contribution in [0.1, 0.15) is 24.5 Å². The Labute approximate surface area is 173 Å². The van der Waals surface area contributed by atoms with Crippen LogP contribution in [0.4, 0.5) is 0 Å². The first-order valence-electron chi connectivity index (χ1n) is 10.3. The van der Waals surface area contributed by atoms with Crippen molar-refractivity contribution in [3.05, 3.63) is 53.6 Å². The number of ether oxygens (including phenoxy) is 2. The Morgan fingerprint density at radius 3 is 2.66 bits per heavy atom. The van der Waals surface area contributed by atoms with Crippen molar-refractivity contribution >= 4 is 0 Å². The molecule has 2 N–H and O–H groups in total. The molecule has 29 heavy (non-hydrogen) atoms. The van der Waals surface area contributed by atoms with E-state index in [9.17, 15) is 10.2 Å². The van der Waals surface area contributed by atoms with Crippen molar-refractivity contribution < 1.29 is 19.7 Å². The number of methoxy groups -OCH3 is 1. The lowest BCUT2D eigenvalue weighted by molar-refractivity contribution is 0.0499. The van der Waals surface area contributed by atoms with E-state index in [-0.39, 0.29) is 12.4 Å². The minimum atomic E-state index is 0.178. The van der Waals surface area contributed by atoms with Crippen molar-refractivity contribution in [1.29, 1.82) is 0 Å². The van der Waals surface area contributed by atoms with Crippen LogP contribution in [0, 0.1) is 0 Å². The van der Waals surface area contributed by atoms with Crippen LogP contribution >= 0.6 is 0 Å². The van der Waals surface area contributed by atoms with Crippen molar-refractivity contribution in [2.75, 3.05) is 40.0 Å². The van der Waals surface area contributed by atoms with E-state index in [1.165, 1.54) is 5.56 Å². The van der Waals surface area contributed by atoms with Crippen molar-refractivity contribution in [3.8, 4) is 17.2 Å². The molecule has 1 unspecified atom stereocenters. The van der Waals surface area contributed by atoms with E-state index < -0.39 is 0 Å². The number of nitrogens with zero attached hydrogens (tertiary/aromatic N) is 2. The van der Waals surface area contributed by atoms with Gasteiger partial charge in [-0.1, -0.05) is 18.2 Å². The molecule has 0 bridgehead atoms. The van der Waals surface area contributed by atoms with Crippen molar-refractivity contribution in [2.24, 2.45) is 0 Å². The molecule has 1 saturated heterocycles. The Morgan fingerprint density at radius 2 is 1.90 bits per heavy atom. The Hall–Kier alpha value is -2.28. The summed E-state index contributed by atoms with van der Waals surface area (Å²) in [5, 5.41) is 19.5. The first kappa shape index (κ1) is 21.4. The van der Waals surface area contributed by atoms with Crippen LogP contribution in [0.25, 0.3) is 0 Å². The highest BCUT2D eigenvalue weighted by molar-refractivity contribution is 5.41. The van der Waals surface area contributed by atoms with Crippen LogP contribution in [-0.4, -0.2) is 66.0 Å². The van der Waals surface area contributed by atoms with Crippen molar-refractivity contribution in [1.82, 2.24) is 9.80 Å². The molecule has 2 aromatic rings. The van der Waals surface area contributed by atoms with Crippen LogP contribution in [0.15, 0.2) is 42.5 Å². The predicted octanol–water partition coefficient (Wildman–Crippen LogP) is 2.87. The lowest BCUT2D eigenvalue weighted by Crippen LogP contribution is -2.52. The van der Waals surface area contributed by atoms with Gasteiger partial charge in [0.05, 0.1) is 13.7 Å². The highest BCUT2D eigenvalue weighted by Gasteiger charge is 2.27. The van der Waals surface area contributed by atoms with E-state index in [2.05, 4.69) is 21.9 Å². The summed E-state index contributed by atoms with van der Waals surface area (Å²) < 4.78 is 10.9. The van der Waals surface area contributed by atoms with Gasteiger partial charge in [-0.2, -0.15) is 0 Å². The van der Waals surface area contributed by atoms with Crippen LogP contribution in [-0.2, 0) is 13.1 Å². The van der Waals surface area contributed by atoms with E-state index >= 15 is 0 Å². The number of aliphatic hydroxyl groups excluding tert-OH is 1. The fraction of sp³-hybridized carbons (Fsp3) is 0.478. The third kappa shape index (κ3) is 5.85. The Kier molecular flexibility index (Phi) is 7.75. The number of aromatic hydroxyl groups is 1. The van der Waals surface area contributed by atoms with Gasteiger partial charge in [-0.15, -0.1) is 0 Å². The summed E-state index contributed by atoms with van der Waals surface area (Å²) in [4.78, 5) is 4.86. The standard InChI is InChI=1S/C23H32N2O4/c1-3-29-23-14-19(7-8-22(23)27)15-24-10-11-25(20(17-24)9-12-26)16-18-5-4-6-21(13-18)28-2/h4-8,13-14,20,26-27H,3,9-12,15-17H2,1-2H3. The maximum Gasteiger partial charge on any atom is 0.161 e. The normalized spacial score (nSPS) is 18.0. The summed E-state index contributed by atoms with van der Waals surface area (Å²) in [5.41, 5.74) is 2.34. The third-order valence-corrected chi connectivity index (χ3v) is 5.40. The second-order valence-electron chi connectivity index (χ2n) is 7.46. The lowest BCUT2D eigenvalue weighted by Gasteiger charge is -2.41. The fourth-order valence-electron chi connectivity index (χ4n) is 3.92. The molecule has 0 aliphatic carbocycles. The van der Waals surface area contributed by atoms with Crippen LogP contribution < -0.4 is 9.47 Å². The van der Waals surface area contributed by atoms with Crippen LogP contribution in [0.2, 0.25) is 0 Å². The molecule has 0 spiro atoms. The summed E-state index contributed by atoms with van der Waals surface area (Å²) in [6.07, 6.45) is 0.750. The van der Waals surface area contributed by atoms with Crippen LogP contribution in [0.5, 0.6) is 17.2 Å². The second kappa shape index (κ2) is 10.5. The Balaban J connectivity index is 1.64. The molecule has 6 heteroatoms. The average Bonchev–Trinajstić information content (AvgIpc) is 2.73. The molecule has 1 atom stereocenters. The monoisotopic (exact) mass is 400 g/mol. The summed E-state index contributed by atoms with van der Waals surface area (Å²) >= 11 is 0. The highest BCUT2D eigenvalue weighted by atomic mass is 16.5. The predicted molar refractivity (Wildman–Crippen MR) is 113 cm³/mol. The quantitative estimate of drug-likeness (QED) is 0.675. The number of phenolic OH excluding ortho intramolecular Hbond substituents is 1. The molecule has 3 rings (SSSR count). The van der Waals surface area contributed by atoms with Gasteiger partial charge in [-0.25, -0.2) is 0 Å². The first-order chi connectivity index (χ1) is 14.1. The van der Waals surface area contributed by atoms with Crippen molar-refractivity contribution in [3.63, 3.8) is 0 Å². The molecule has 0 amide bonds. The minimum Gasteiger partial charge on any atom is -0.504 e. The summed E-state index contributed by atoms with van der Waals surface area (Å²) in [6, 6.07) is 14.0. The smallest absolute Gasteiger partial charge is 0.161 e. The van der Waals surface area contributed by atoms with Gasteiger partial charge < -0.3 is 19.7 Å². The fourth-order valence-corrected chi connectivity index (χ4v) is 3.92. The summed E-state index contributed by atoms with van der Waals surface area (Å²) in [7, 11) is 1.69. The third-order valence-electron chi connectivity index (χ3n) is 5.40. The van der Waals surface area contributed by atoms with Gasteiger partial charge in [0.2, 0.25) is 0 Å². The zero-order valence-corrected chi connectivity index (χ0v) is 17.4. The van der Waals surface area contributed by atoms with Gasteiger partial charge in [0.15, 0.2) is 11.5 Å². The molecule has 0 aromatic heterocycles. The Bertz CT molecular complexity index is 783. The zero-order chi connectivity index (χ0) is 20.6. The minimum absolute atomic E-state index is 0.178. The van der Waals surface area contributed by atoms with E-state index in [4.69, 9.17) is 9.47 Å². The van der Waals surface area contributed by atoms with E-state index in [1.54, 1.807) is 13.2 Å². The number of rotatable bonds is 9. The van der Waals surface area contributed by atoms with Gasteiger partial charge in [-0.05, 0) is 48.7 Å². The lowest BCUT2D eigenvalue weighted by atomic mass is 10.1. The average molecular weight is 401 g/mol. The van der Waals surface area contributed by atoms with Gasteiger partial charge in [0.25, 0.3) is 0 Å². The summed E-state index contributed by atoms with van der Waals surface area (Å²) in [5.74, 6) is 1.59.